The predicted molar refractivity (Wildman–Crippen MR) is 91.0 cm³/mol. The first-order valence-corrected chi connectivity index (χ1v) is 8.47. The van der Waals surface area contributed by atoms with Gasteiger partial charge in [-0.05, 0) is 42.6 Å². The second-order valence-electron chi connectivity index (χ2n) is 7.48. The lowest BCUT2D eigenvalue weighted by Crippen LogP contribution is -2.50. The summed E-state index contributed by atoms with van der Waals surface area (Å²) in [4.78, 5) is 12.5. The number of amides is 1. The van der Waals surface area contributed by atoms with Gasteiger partial charge in [0.1, 0.15) is 0 Å². The molecule has 1 aromatic rings. The molecule has 22 heavy (non-hydrogen) atoms. The SMILES string of the molecule is CC1CCC(C(C)C)C(C[C@H](N)c2ccccc2)(C(N)=O)C1. The summed E-state index contributed by atoms with van der Waals surface area (Å²) in [6.07, 6.45) is 3.77. The first kappa shape index (κ1) is 17.0. The van der Waals surface area contributed by atoms with Gasteiger partial charge in [0.2, 0.25) is 5.91 Å². The van der Waals surface area contributed by atoms with Crippen LogP contribution in [-0.4, -0.2) is 5.91 Å². The molecule has 0 aliphatic heterocycles. The van der Waals surface area contributed by atoms with Crippen molar-refractivity contribution >= 4 is 5.91 Å². The van der Waals surface area contributed by atoms with Crippen molar-refractivity contribution in [3.05, 3.63) is 35.9 Å². The number of primary amides is 1. The first-order valence-electron chi connectivity index (χ1n) is 8.47. The van der Waals surface area contributed by atoms with E-state index in [2.05, 4.69) is 20.8 Å². The molecule has 0 heterocycles. The molecule has 122 valence electrons. The monoisotopic (exact) mass is 302 g/mol. The topological polar surface area (TPSA) is 69.1 Å². The lowest BCUT2D eigenvalue weighted by Gasteiger charge is -2.47. The zero-order valence-corrected chi connectivity index (χ0v) is 14.1. The van der Waals surface area contributed by atoms with Crippen LogP contribution in [0.15, 0.2) is 30.3 Å². The molecule has 0 radical (unpaired) electrons. The second kappa shape index (κ2) is 6.82. The third-order valence-electron chi connectivity index (χ3n) is 5.50. The number of rotatable bonds is 5. The number of carbonyl (C=O) groups excluding carboxylic acids is 1. The number of nitrogens with two attached hydrogens (primary N) is 2. The Labute approximate surface area is 134 Å². The van der Waals surface area contributed by atoms with Gasteiger partial charge in [0.05, 0.1) is 5.41 Å². The lowest BCUT2D eigenvalue weighted by atomic mass is 9.57. The molecule has 3 nitrogen and oxygen atoms in total. The van der Waals surface area contributed by atoms with Crippen molar-refractivity contribution < 1.29 is 4.79 Å². The van der Waals surface area contributed by atoms with Gasteiger partial charge in [-0.15, -0.1) is 0 Å². The van der Waals surface area contributed by atoms with Gasteiger partial charge in [-0.3, -0.25) is 4.79 Å². The largest absolute Gasteiger partial charge is 0.369 e. The van der Waals surface area contributed by atoms with E-state index in [1.807, 2.05) is 30.3 Å². The highest BCUT2D eigenvalue weighted by Gasteiger charge is 2.49. The fourth-order valence-corrected chi connectivity index (χ4v) is 4.42. The maximum atomic E-state index is 12.5. The Morgan fingerprint density at radius 1 is 1.27 bits per heavy atom. The van der Waals surface area contributed by atoms with Crippen LogP contribution in [-0.2, 0) is 4.79 Å². The highest BCUT2D eigenvalue weighted by Crippen LogP contribution is 2.51. The molecule has 0 bridgehead atoms. The highest BCUT2D eigenvalue weighted by molar-refractivity contribution is 5.81. The maximum absolute atomic E-state index is 12.5. The van der Waals surface area contributed by atoms with E-state index in [4.69, 9.17) is 11.5 Å². The van der Waals surface area contributed by atoms with Crippen molar-refractivity contribution in [1.29, 1.82) is 0 Å². The summed E-state index contributed by atoms with van der Waals surface area (Å²) in [7, 11) is 0. The summed E-state index contributed by atoms with van der Waals surface area (Å²) in [5.41, 5.74) is 13.0. The van der Waals surface area contributed by atoms with E-state index in [0.717, 1.165) is 18.4 Å². The van der Waals surface area contributed by atoms with Crippen LogP contribution in [0.3, 0.4) is 0 Å². The summed E-state index contributed by atoms with van der Waals surface area (Å²) in [5, 5.41) is 0. The van der Waals surface area contributed by atoms with Crippen LogP contribution in [0.2, 0.25) is 0 Å². The Kier molecular flexibility index (Phi) is 5.28. The molecule has 3 unspecified atom stereocenters. The van der Waals surface area contributed by atoms with Crippen molar-refractivity contribution in [2.24, 2.45) is 34.6 Å². The molecule has 2 rings (SSSR count). The average molecular weight is 302 g/mol. The van der Waals surface area contributed by atoms with E-state index in [9.17, 15) is 4.79 Å². The van der Waals surface area contributed by atoms with Gasteiger partial charge in [0, 0.05) is 6.04 Å². The molecular weight excluding hydrogens is 272 g/mol. The number of hydrogen-bond donors (Lipinski definition) is 2. The zero-order chi connectivity index (χ0) is 16.3. The van der Waals surface area contributed by atoms with Gasteiger partial charge in [0.25, 0.3) is 0 Å². The van der Waals surface area contributed by atoms with Gasteiger partial charge >= 0.3 is 0 Å². The van der Waals surface area contributed by atoms with E-state index >= 15 is 0 Å². The molecule has 1 amide bonds. The molecule has 1 aliphatic carbocycles. The molecule has 0 spiro atoms. The third-order valence-corrected chi connectivity index (χ3v) is 5.50. The molecule has 1 fully saturated rings. The fraction of sp³-hybridized carbons (Fsp3) is 0.632. The predicted octanol–water partition coefficient (Wildman–Crippen LogP) is 3.64. The summed E-state index contributed by atoms with van der Waals surface area (Å²) >= 11 is 0. The van der Waals surface area contributed by atoms with Crippen molar-refractivity contribution in [3.8, 4) is 0 Å². The van der Waals surface area contributed by atoms with E-state index in [1.54, 1.807) is 0 Å². The molecular formula is C19H30N2O. The average Bonchev–Trinajstić information content (AvgIpc) is 2.47. The standard InChI is InChI=1S/C19H30N2O/c1-13(2)16-10-9-14(3)11-19(16,18(21)22)12-17(20)15-7-5-4-6-8-15/h4-8,13-14,16-17H,9-12,20H2,1-3H3,(H2,21,22)/t14?,16?,17-,19?/m0/s1. The zero-order valence-electron chi connectivity index (χ0n) is 14.1. The van der Waals surface area contributed by atoms with E-state index in [0.29, 0.717) is 24.2 Å². The summed E-state index contributed by atoms with van der Waals surface area (Å²) < 4.78 is 0. The van der Waals surface area contributed by atoms with Crippen LogP contribution < -0.4 is 11.5 Å². The van der Waals surface area contributed by atoms with Crippen molar-refractivity contribution in [3.63, 3.8) is 0 Å². The molecule has 4 N–H and O–H groups in total. The molecule has 0 aromatic heterocycles. The molecule has 3 heteroatoms. The first-order chi connectivity index (χ1) is 10.4. The Bertz CT molecular complexity index is 499. The number of hydrogen-bond acceptors (Lipinski definition) is 2. The van der Waals surface area contributed by atoms with E-state index in [1.165, 1.54) is 6.42 Å². The number of carbonyl (C=O) groups is 1. The lowest BCUT2D eigenvalue weighted by molar-refractivity contribution is -0.137. The Morgan fingerprint density at radius 3 is 2.45 bits per heavy atom. The van der Waals surface area contributed by atoms with Crippen molar-refractivity contribution in [1.82, 2.24) is 0 Å². The van der Waals surface area contributed by atoms with Gasteiger partial charge in [-0.25, -0.2) is 0 Å². The molecule has 1 aliphatic rings. The number of benzene rings is 1. The molecule has 4 atom stereocenters. The summed E-state index contributed by atoms with van der Waals surface area (Å²) in [6.45, 7) is 6.63. The smallest absolute Gasteiger partial charge is 0.224 e. The highest BCUT2D eigenvalue weighted by atomic mass is 16.1. The van der Waals surface area contributed by atoms with Crippen molar-refractivity contribution in [2.75, 3.05) is 0 Å². The van der Waals surface area contributed by atoms with Crippen LogP contribution in [0.25, 0.3) is 0 Å². The third kappa shape index (κ3) is 3.35. The molecule has 0 saturated heterocycles. The quantitative estimate of drug-likeness (QED) is 0.872. The molecule has 1 aromatic carbocycles. The van der Waals surface area contributed by atoms with Gasteiger partial charge < -0.3 is 11.5 Å². The van der Waals surface area contributed by atoms with Crippen LogP contribution in [0.1, 0.15) is 58.1 Å². The van der Waals surface area contributed by atoms with Gasteiger partial charge in [-0.2, -0.15) is 0 Å². The molecule has 1 saturated carbocycles. The van der Waals surface area contributed by atoms with Crippen molar-refractivity contribution in [2.45, 2.75) is 52.5 Å². The Morgan fingerprint density at radius 2 is 1.91 bits per heavy atom. The fourth-order valence-electron chi connectivity index (χ4n) is 4.42. The summed E-state index contributed by atoms with van der Waals surface area (Å²) in [6, 6.07) is 9.91. The van der Waals surface area contributed by atoms with Crippen LogP contribution in [0.5, 0.6) is 0 Å². The maximum Gasteiger partial charge on any atom is 0.224 e. The minimum Gasteiger partial charge on any atom is -0.369 e. The van der Waals surface area contributed by atoms with Crippen LogP contribution >= 0.6 is 0 Å². The van der Waals surface area contributed by atoms with Gasteiger partial charge in [0.15, 0.2) is 0 Å². The van der Waals surface area contributed by atoms with E-state index in [-0.39, 0.29) is 11.9 Å². The summed E-state index contributed by atoms with van der Waals surface area (Å²) in [5.74, 6) is 1.15. The minimum absolute atomic E-state index is 0.139. The second-order valence-corrected chi connectivity index (χ2v) is 7.48. The Hall–Kier alpha value is -1.35. The normalized spacial score (nSPS) is 30.2. The van der Waals surface area contributed by atoms with Crippen LogP contribution in [0, 0.1) is 23.2 Å². The van der Waals surface area contributed by atoms with E-state index < -0.39 is 5.41 Å². The minimum atomic E-state index is -0.471. The van der Waals surface area contributed by atoms with Gasteiger partial charge in [-0.1, -0.05) is 57.5 Å². The Balaban J connectivity index is 2.31. The van der Waals surface area contributed by atoms with Crippen LogP contribution in [0.4, 0.5) is 0 Å².